The molecule has 3 aromatic carbocycles. The lowest BCUT2D eigenvalue weighted by molar-refractivity contribution is 0.0600. The molecule has 0 saturated carbocycles. The number of aliphatic hydroxyl groups is 1. The fourth-order valence-electron chi connectivity index (χ4n) is 3.07. The molecule has 0 aromatic heterocycles. The summed E-state index contributed by atoms with van der Waals surface area (Å²) in [5, 5.41) is 9.97. The van der Waals surface area contributed by atoms with Crippen LogP contribution in [0.15, 0.2) is 82.7 Å². The smallest absolute Gasteiger partial charge is 0.337 e. The van der Waals surface area contributed by atoms with E-state index in [1.807, 2.05) is 30.3 Å². The summed E-state index contributed by atoms with van der Waals surface area (Å²) in [7, 11) is -2.62. The van der Waals surface area contributed by atoms with Crippen LogP contribution in [0.4, 0.5) is 0 Å². The zero-order valence-corrected chi connectivity index (χ0v) is 18.5. The minimum absolute atomic E-state index is 0.0307. The molecule has 3 rings (SSSR count). The molecule has 0 bridgehead atoms. The van der Waals surface area contributed by atoms with E-state index in [4.69, 9.17) is 4.74 Å². The van der Waals surface area contributed by atoms with Crippen molar-refractivity contribution in [1.29, 1.82) is 0 Å². The largest absolute Gasteiger partial charge is 0.508 e. The molecule has 0 aliphatic rings. The maximum absolute atomic E-state index is 13.2. The second-order valence-corrected chi connectivity index (χ2v) is 9.52. The molecule has 30 heavy (non-hydrogen) atoms. The van der Waals surface area contributed by atoms with Crippen LogP contribution in [0.2, 0.25) is 0 Å². The highest BCUT2D eigenvalue weighted by atomic mass is 79.9. The van der Waals surface area contributed by atoms with Crippen LogP contribution in [0.25, 0.3) is 16.9 Å². The van der Waals surface area contributed by atoms with Crippen LogP contribution in [0.1, 0.15) is 21.5 Å². The number of aliphatic hydroxyl groups excluding tert-OH is 1. The lowest BCUT2D eigenvalue weighted by atomic mass is 9.99. The normalized spacial score (nSPS) is 11.1. The molecule has 7 heteroatoms. The Kier molecular flexibility index (Phi) is 6.43. The summed E-state index contributed by atoms with van der Waals surface area (Å²) in [5.74, 6) is -1.23. The van der Waals surface area contributed by atoms with Gasteiger partial charge in [-0.05, 0) is 41.0 Å². The number of hydrogen-bond acceptors (Lipinski definition) is 5. The Morgan fingerprint density at radius 2 is 1.73 bits per heavy atom. The highest BCUT2D eigenvalue weighted by Gasteiger charge is 2.21. The topological polar surface area (TPSA) is 80.7 Å². The minimum atomic E-state index is -3.85. The van der Waals surface area contributed by atoms with E-state index >= 15 is 0 Å². The maximum atomic E-state index is 13.2. The first kappa shape index (κ1) is 21.8. The van der Waals surface area contributed by atoms with Crippen molar-refractivity contribution in [3.8, 4) is 11.1 Å². The number of esters is 1. The van der Waals surface area contributed by atoms with Crippen molar-refractivity contribution >= 4 is 37.5 Å². The Labute approximate surface area is 183 Å². The van der Waals surface area contributed by atoms with Crippen molar-refractivity contribution in [1.82, 2.24) is 0 Å². The third kappa shape index (κ3) is 4.80. The van der Waals surface area contributed by atoms with Gasteiger partial charge in [0.05, 0.1) is 23.3 Å². The fraction of sp³-hybridized carbons (Fsp3) is 0.0870. The predicted molar refractivity (Wildman–Crippen MR) is 120 cm³/mol. The molecule has 0 atom stereocenters. The van der Waals surface area contributed by atoms with E-state index in [-0.39, 0.29) is 22.0 Å². The van der Waals surface area contributed by atoms with Crippen molar-refractivity contribution in [2.75, 3.05) is 7.11 Å². The van der Waals surface area contributed by atoms with Crippen LogP contribution in [-0.4, -0.2) is 26.6 Å². The molecule has 154 valence electrons. The first-order chi connectivity index (χ1) is 14.2. The van der Waals surface area contributed by atoms with E-state index in [1.165, 1.54) is 25.3 Å². The van der Waals surface area contributed by atoms with Gasteiger partial charge in [-0.1, -0.05) is 65.0 Å². The number of sulfone groups is 1. The highest BCUT2D eigenvalue weighted by molar-refractivity contribution is 9.10. The molecular weight excluding hydrogens is 468 g/mol. The summed E-state index contributed by atoms with van der Waals surface area (Å²) in [5.41, 5.74) is 2.61. The highest BCUT2D eigenvalue weighted by Crippen LogP contribution is 2.29. The SMILES string of the molecule is C=C(O)c1ccc(-c2ccccc2)cc1CS(=O)(=O)c1cc(Br)cc(C(=O)OC)c1. The molecule has 0 aliphatic carbocycles. The van der Waals surface area contributed by atoms with Crippen LogP contribution in [-0.2, 0) is 20.3 Å². The van der Waals surface area contributed by atoms with E-state index in [2.05, 4.69) is 22.5 Å². The Morgan fingerprint density at radius 3 is 2.37 bits per heavy atom. The minimum Gasteiger partial charge on any atom is -0.508 e. The van der Waals surface area contributed by atoms with Gasteiger partial charge in [0, 0.05) is 10.0 Å². The lowest BCUT2D eigenvalue weighted by Crippen LogP contribution is -2.09. The number of benzene rings is 3. The molecule has 1 N–H and O–H groups in total. The van der Waals surface area contributed by atoms with E-state index in [0.29, 0.717) is 15.6 Å². The van der Waals surface area contributed by atoms with Gasteiger partial charge in [0.2, 0.25) is 0 Å². The second kappa shape index (κ2) is 8.85. The van der Waals surface area contributed by atoms with Crippen molar-refractivity contribution in [3.63, 3.8) is 0 Å². The van der Waals surface area contributed by atoms with E-state index in [9.17, 15) is 18.3 Å². The average Bonchev–Trinajstić information content (AvgIpc) is 2.72. The van der Waals surface area contributed by atoms with Gasteiger partial charge in [-0.3, -0.25) is 0 Å². The van der Waals surface area contributed by atoms with Crippen molar-refractivity contribution < 1.29 is 23.1 Å². The number of methoxy groups -OCH3 is 1. The fourth-order valence-corrected chi connectivity index (χ4v) is 5.14. The Balaban J connectivity index is 2.07. The van der Waals surface area contributed by atoms with Gasteiger partial charge in [0.1, 0.15) is 5.76 Å². The number of carbonyl (C=O) groups excluding carboxylic acids is 1. The molecule has 0 amide bonds. The number of rotatable bonds is 6. The summed E-state index contributed by atoms with van der Waals surface area (Å²) in [6.45, 7) is 3.55. The molecule has 0 heterocycles. The Hall–Kier alpha value is -2.90. The summed E-state index contributed by atoms with van der Waals surface area (Å²) >= 11 is 3.24. The van der Waals surface area contributed by atoms with Gasteiger partial charge in [0.15, 0.2) is 9.84 Å². The number of halogens is 1. The van der Waals surface area contributed by atoms with Crippen LogP contribution in [0.3, 0.4) is 0 Å². The predicted octanol–water partition coefficient (Wildman–Crippen LogP) is 5.41. The molecule has 0 saturated heterocycles. The van der Waals surface area contributed by atoms with Gasteiger partial charge >= 0.3 is 5.97 Å². The summed E-state index contributed by atoms with van der Waals surface area (Å²) in [6.07, 6.45) is 0. The number of hydrogen-bond donors (Lipinski definition) is 1. The summed E-state index contributed by atoms with van der Waals surface area (Å²) in [4.78, 5) is 11.8. The van der Waals surface area contributed by atoms with Gasteiger partial charge < -0.3 is 9.84 Å². The van der Waals surface area contributed by atoms with E-state index in [1.54, 1.807) is 18.2 Å². The Bertz CT molecular complexity index is 1220. The monoisotopic (exact) mass is 486 g/mol. The standard InChI is InChI=1S/C23H19BrO5S/c1-15(25)22-9-8-17(16-6-4-3-5-7-16)10-19(22)14-30(27,28)21-12-18(23(26)29-2)11-20(24)13-21/h3-13,25H,1,14H2,2H3. The van der Waals surface area contributed by atoms with Crippen LogP contribution in [0, 0.1) is 0 Å². The van der Waals surface area contributed by atoms with Crippen molar-refractivity contribution in [3.05, 3.63) is 94.5 Å². The van der Waals surface area contributed by atoms with Crippen LogP contribution in [0.5, 0.6) is 0 Å². The zero-order chi connectivity index (χ0) is 21.9. The first-order valence-corrected chi connectivity index (χ1v) is 11.3. The third-order valence-electron chi connectivity index (χ3n) is 4.52. The van der Waals surface area contributed by atoms with E-state index < -0.39 is 15.8 Å². The zero-order valence-electron chi connectivity index (χ0n) is 16.1. The number of ether oxygens (including phenoxy) is 1. The molecule has 0 unspecified atom stereocenters. The quantitative estimate of drug-likeness (QED) is 0.372. The van der Waals surface area contributed by atoms with Crippen LogP contribution >= 0.6 is 15.9 Å². The molecule has 5 nitrogen and oxygen atoms in total. The Morgan fingerprint density at radius 1 is 1.03 bits per heavy atom. The summed E-state index contributed by atoms with van der Waals surface area (Å²) < 4.78 is 31.4. The lowest BCUT2D eigenvalue weighted by Gasteiger charge is -2.13. The van der Waals surface area contributed by atoms with Crippen LogP contribution < -0.4 is 0 Å². The van der Waals surface area contributed by atoms with E-state index in [0.717, 1.165) is 11.1 Å². The summed E-state index contributed by atoms with van der Waals surface area (Å²) in [6, 6.07) is 18.9. The molecule has 0 aliphatic heterocycles. The number of carbonyl (C=O) groups is 1. The first-order valence-electron chi connectivity index (χ1n) is 8.89. The second-order valence-electron chi connectivity index (χ2n) is 6.61. The molecule has 3 aromatic rings. The average molecular weight is 487 g/mol. The van der Waals surface area contributed by atoms with Gasteiger partial charge in [-0.15, -0.1) is 0 Å². The van der Waals surface area contributed by atoms with Crippen molar-refractivity contribution in [2.45, 2.75) is 10.6 Å². The molecule has 0 radical (unpaired) electrons. The third-order valence-corrected chi connectivity index (χ3v) is 6.62. The van der Waals surface area contributed by atoms with Gasteiger partial charge in [0.25, 0.3) is 0 Å². The molecule has 0 spiro atoms. The van der Waals surface area contributed by atoms with Gasteiger partial charge in [-0.25, -0.2) is 13.2 Å². The van der Waals surface area contributed by atoms with Gasteiger partial charge in [-0.2, -0.15) is 0 Å². The molecular formula is C23H19BrO5S. The molecule has 0 fully saturated rings. The maximum Gasteiger partial charge on any atom is 0.337 e. The van der Waals surface area contributed by atoms with Crippen molar-refractivity contribution in [2.24, 2.45) is 0 Å².